The number of benzene rings is 1. The minimum atomic E-state index is -3.50. The van der Waals surface area contributed by atoms with Gasteiger partial charge in [0.1, 0.15) is 10.8 Å². The Bertz CT molecular complexity index is 1240. The van der Waals surface area contributed by atoms with E-state index in [-0.39, 0.29) is 16.0 Å². The third-order valence-electron chi connectivity index (χ3n) is 6.21. The monoisotopic (exact) mass is 518 g/mol. The Labute approximate surface area is 211 Å². The van der Waals surface area contributed by atoms with Gasteiger partial charge in [0.15, 0.2) is 15.7 Å². The molecule has 0 radical (unpaired) electrons. The van der Waals surface area contributed by atoms with Crippen molar-refractivity contribution in [2.24, 2.45) is 0 Å². The van der Waals surface area contributed by atoms with Gasteiger partial charge in [-0.25, -0.2) is 13.4 Å². The molecule has 9 nitrogen and oxygen atoms in total. The number of anilines is 3. The fourth-order valence-electron chi connectivity index (χ4n) is 3.94. The number of hydrogen-bond acceptors (Lipinski definition) is 9. The van der Waals surface area contributed by atoms with Gasteiger partial charge in [0.2, 0.25) is 5.95 Å². The zero-order valence-corrected chi connectivity index (χ0v) is 21.9. The van der Waals surface area contributed by atoms with Crippen molar-refractivity contribution in [2.45, 2.75) is 37.0 Å². The van der Waals surface area contributed by atoms with E-state index in [4.69, 9.17) is 16.3 Å². The van der Waals surface area contributed by atoms with E-state index in [0.29, 0.717) is 17.5 Å². The molecule has 1 saturated heterocycles. The maximum atomic E-state index is 12.8. The van der Waals surface area contributed by atoms with Crippen molar-refractivity contribution in [1.29, 1.82) is 0 Å². The number of sulfone groups is 1. The van der Waals surface area contributed by atoms with Crippen LogP contribution in [0, 0.1) is 0 Å². The lowest BCUT2D eigenvalue weighted by Gasteiger charge is -2.41. The number of morpholine rings is 1. The summed E-state index contributed by atoms with van der Waals surface area (Å²) in [5, 5.41) is 6.10. The van der Waals surface area contributed by atoms with Gasteiger partial charge in [0.05, 0.1) is 41.3 Å². The first-order valence-electron chi connectivity index (χ1n) is 11.6. The predicted octanol–water partition coefficient (Wildman–Crippen LogP) is 3.86. The van der Waals surface area contributed by atoms with E-state index in [1.54, 1.807) is 38.1 Å². The van der Waals surface area contributed by atoms with Gasteiger partial charge < -0.3 is 25.2 Å². The van der Waals surface area contributed by atoms with E-state index >= 15 is 0 Å². The molecule has 4 rings (SSSR count). The first kappa shape index (κ1) is 25.3. The second kappa shape index (κ2) is 10.4. The Hall–Kier alpha value is -2.82. The third kappa shape index (κ3) is 5.39. The van der Waals surface area contributed by atoms with E-state index in [9.17, 15) is 8.42 Å². The molecule has 2 aromatic rings. The number of nitrogens with zero attached hydrogens (tertiary/aromatic N) is 4. The molecule has 0 amide bonds. The van der Waals surface area contributed by atoms with Crippen LogP contribution >= 0.6 is 11.6 Å². The van der Waals surface area contributed by atoms with Gasteiger partial charge in [-0.15, -0.1) is 0 Å². The van der Waals surface area contributed by atoms with Crippen molar-refractivity contribution < 1.29 is 13.2 Å². The predicted molar refractivity (Wildman–Crippen MR) is 138 cm³/mol. The topological polar surface area (TPSA) is 99.7 Å². The molecule has 2 aliphatic heterocycles. The summed E-state index contributed by atoms with van der Waals surface area (Å²) in [5.74, 6) is 1.82. The molecule has 11 heteroatoms. The van der Waals surface area contributed by atoms with Crippen LogP contribution in [0.15, 0.2) is 59.0 Å². The van der Waals surface area contributed by atoms with Crippen molar-refractivity contribution in [3.05, 3.63) is 59.2 Å². The van der Waals surface area contributed by atoms with Crippen molar-refractivity contribution in [3.8, 4) is 0 Å². The van der Waals surface area contributed by atoms with Gasteiger partial charge in [-0.1, -0.05) is 23.7 Å². The Kier molecular flexibility index (Phi) is 7.53. The van der Waals surface area contributed by atoms with E-state index in [0.717, 1.165) is 37.8 Å². The molecule has 1 fully saturated rings. The van der Waals surface area contributed by atoms with Crippen LogP contribution < -0.4 is 10.6 Å². The SMILES string of the molecule is CC1C(Nc2ncc(Cl)c(Nc3ccccc3S(=O)(=O)C(C)C)n2)=CC=C(N2CCOCC2)N1C. The van der Waals surface area contributed by atoms with Crippen LogP contribution in [-0.2, 0) is 14.6 Å². The quantitative estimate of drug-likeness (QED) is 0.566. The fraction of sp³-hybridized carbons (Fsp3) is 0.417. The number of nitrogens with one attached hydrogen (secondary N) is 2. The van der Waals surface area contributed by atoms with Crippen LogP contribution in [-0.4, -0.2) is 72.8 Å². The number of aromatic nitrogens is 2. The molecule has 2 aliphatic rings. The molecule has 1 aromatic carbocycles. The number of halogens is 1. The molecule has 3 heterocycles. The zero-order chi connectivity index (χ0) is 25.2. The first-order valence-corrected chi connectivity index (χ1v) is 13.5. The lowest BCUT2D eigenvalue weighted by Crippen LogP contribution is -2.45. The highest BCUT2D eigenvalue weighted by molar-refractivity contribution is 7.92. The molecule has 35 heavy (non-hydrogen) atoms. The second-order valence-corrected chi connectivity index (χ2v) is 11.6. The highest BCUT2D eigenvalue weighted by Gasteiger charge is 2.26. The molecule has 1 atom stereocenters. The van der Waals surface area contributed by atoms with Gasteiger partial charge in [-0.05, 0) is 45.1 Å². The number of rotatable bonds is 7. The molecule has 188 valence electrons. The summed E-state index contributed by atoms with van der Waals surface area (Å²) in [5.41, 5.74) is 1.34. The van der Waals surface area contributed by atoms with Crippen molar-refractivity contribution in [1.82, 2.24) is 19.8 Å². The lowest BCUT2D eigenvalue weighted by atomic mass is 10.1. The highest BCUT2D eigenvalue weighted by Crippen LogP contribution is 2.31. The van der Waals surface area contributed by atoms with E-state index in [1.807, 2.05) is 6.08 Å². The minimum absolute atomic E-state index is 0.0606. The zero-order valence-electron chi connectivity index (χ0n) is 20.3. The summed E-state index contributed by atoms with van der Waals surface area (Å²) >= 11 is 6.36. The van der Waals surface area contributed by atoms with Gasteiger partial charge in [-0.2, -0.15) is 4.98 Å². The molecule has 0 bridgehead atoms. The van der Waals surface area contributed by atoms with Crippen LogP contribution in [0.2, 0.25) is 5.02 Å². The molecule has 2 N–H and O–H groups in total. The summed E-state index contributed by atoms with van der Waals surface area (Å²) in [6, 6.07) is 6.79. The van der Waals surface area contributed by atoms with Gasteiger partial charge in [-0.3, -0.25) is 0 Å². The van der Waals surface area contributed by atoms with Crippen LogP contribution in [0.3, 0.4) is 0 Å². The molecule has 1 unspecified atom stereocenters. The van der Waals surface area contributed by atoms with Gasteiger partial charge in [0, 0.05) is 25.8 Å². The van der Waals surface area contributed by atoms with E-state index in [1.165, 1.54) is 6.20 Å². The largest absolute Gasteiger partial charge is 0.378 e. The lowest BCUT2D eigenvalue weighted by molar-refractivity contribution is 0.0375. The summed E-state index contributed by atoms with van der Waals surface area (Å²) in [4.78, 5) is 13.6. The number of allylic oxidation sites excluding steroid dienone is 2. The Morgan fingerprint density at radius 1 is 1.14 bits per heavy atom. The van der Waals surface area contributed by atoms with Gasteiger partial charge >= 0.3 is 0 Å². The number of para-hydroxylation sites is 1. The van der Waals surface area contributed by atoms with E-state index in [2.05, 4.69) is 50.4 Å². The minimum Gasteiger partial charge on any atom is -0.378 e. The molecule has 1 aromatic heterocycles. The summed E-state index contributed by atoms with van der Waals surface area (Å²) in [7, 11) is -1.44. The van der Waals surface area contributed by atoms with Crippen LogP contribution in [0.5, 0.6) is 0 Å². The Morgan fingerprint density at radius 2 is 1.86 bits per heavy atom. The standard InChI is InChI=1S/C24H31ClN6O3S/c1-16(2)35(32,33)21-8-6-5-7-20(21)27-23-18(25)15-26-24(29-23)28-19-9-10-22(30(4)17(19)3)31-11-13-34-14-12-31/h5-10,15-17H,11-14H2,1-4H3,(H2,26,27,28,29). The van der Waals surface area contributed by atoms with Crippen LogP contribution in [0.4, 0.5) is 17.5 Å². The molecule has 0 aliphatic carbocycles. The van der Waals surface area contributed by atoms with Crippen LogP contribution in [0.25, 0.3) is 0 Å². The molecule has 0 saturated carbocycles. The summed E-state index contributed by atoms with van der Waals surface area (Å²) in [6.45, 7) is 8.59. The Balaban J connectivity index is 1.57. The van der Waals surface area contributed by atoms with Crippen molar-refractivity contribution in [2.75, 3.05) is 44.0 Å². The van der Waals surface area contributed by atoms with Crippen LogP contribution in [0.1, 0.15) is 20.8 Å². The van der Waals surface area contributed by atoms with Gasteiger partial charge in [0.25, 0.3) is 0 Å². The summed E-state index contributed by atoms with van der Waals surface area (Å²) in [6.07, 6.45) is 5.60. The fourth-order valence-corrected chi connectivity index (χ4v) is 5.28. The summed E-state index contributed by atoms with van der Waals surface area (Å²) < 4.78 is 31.1. The third-order valence-corrected chi connectivity index (χ3v) is 8.69. The smallest absolute Gasteiger partial charge is 0.229 e. The molecular formula is C24H31ClN6O3S. The maximum Gasteiger partial charge on any atom is 0.229 e. The molecule has 0 spiro atoms. The number of ether oxygens (including phenoxy) is 1. The molecular weight excluding hydrogens is 488 g/mol. The van der Waals surface area contributed by atoms with Crippen molar-refractivity contribution >= 4 is 38.9 Å². The number of hydrogen-bond donors (Lipinski definition) is 2. The number of likely N-dealkylation sites (N-methyl/N-ethyl adjacent to an activating group) is 1. The maximum absolute atomic E-state index is 12.8. The van der Waals surface area contributed by atoms with E-state index < -0.39 is 15.1 Å². The highest BCUT2D eigenvalue weighted by atomic mass is 35.5. The Morgan fingerprint density at radius 3 is 2.57 bits per heavy atom. The van der Waals surface area contributed by atoms with Crippen molar-refractivity contribution in [3.63, 3.8) is 0 Å². The average molecular weight is 519 g/mol. The average Bonchev–Trinajstić information content (AvgIpc) is 2.85. The first-order chi connectivity index (χ1) is 16.7. The normalized spacial score (nSPS) is 18.9. The second-order valence-electron chi connectivity index (χ2n) is 8.76.